The maximum absolute atomic E-state index is 12.6. The van der Waals surface area contributed by atoms with Crippen molar-refractivity contribution in [2.24, 2.45) is 0 Å². The van der Waals surface area contributed by atoms with Gasteiger partial charge < -0.3 is 5.32 Å². The van der Waals surface area contributed by atoms with E-state index in [0.29, 0.717) is 38.4 Å². The summed E-state index contributed by atoms with van der Waals surface area (Å²) < 4.78 is 2.53. The highest BCUT2D eigenvalue weighted by Gasteiger charge is 2.19. The van der Waals surface area contributed by atoms with Crippen molar-refractivity contribution in [1.82, 2.24) is 20.1 Å². The van der Waals surface area contributed by atoms with E-state index in [2.05, 4.69) is 15.4 Å². The molecule has 4 rings (SSSR count). The van der Waals surface area contributed by atoms with Gasteiger partial charge in [0.15, 0.2) is 0 Å². The van der Waals surface area contributed by atoms with Gasteiger partial charge in [0.2, 0.25) is 0 Å². The maximum Gasteiger partial charge on any atom is 0.263 e. The first-order valence-corrected chi connectivity index (χ1v) is 10.2. The van der Waals surface area contributed by atoms with Crippen molar-refractivity contribution in [3.8, 4) is 0 Å². The second-order valence-corrected chi connectivity index (χ2v) is 8.37. The molecule has 0 aliphatic heterocycles. The van der Waals surface area contributed by atoms with Crippen LogP contribution in [-0.4, -0.2) is 20.7 Å². The van der Waals surface area contributed by atoms with Gasteiger partial charge in [0.25, 0.3) is 5.91 Å². The SMILES string of the molecule is O=C(NCc1ccc(Cn2cncn2)cc1)c1sc2cc(Cl)cc(Cl)c2c1Cl. The Balaban J connectivity index is 1.45. The summed E-state index contributed by atoms with van der Waals surface area (Å²) in [6, 6.07) is 11.3. The highest BCUT2D eigenvalue weighted by molar-refractivity contribution is 7.21. The van der Waals surface area contributed by atoms with Gasteiger partial charge in [-0.15, -0.1) is 11.3 Å². The molecule has 0 unspecified atom stereocenters. The Morgan fingerprint density at radius 3 is 2.57 bits per heavy atom. The van der Waals surface area contributed by atoms with Crippen LogP contribution in [0.2, 0.25) is 15.1 Å². The number of thiophene rings is 1. The molecule has 2 aromatic heterocycles. The van der Waals surface area contributed by atoms with E-state index in [9.17, 15) is 4.79 Å². The second-order valence-electron chi connectivity index (χ2n) is 6.10. The summed E-state index contributed by atoms with van der Waals surface area (Å²) in [6.45, 7) is 1.04. The number of nitrogens with zero attached hydrogens (tertiary/aromatic N) is 3. The minimum Gasteiger partial charge on any atom is -0.347 e. The number of hydrogen-bond acceptors (Lipinski definition) is 4. The first-order chi connectivity index (χ1) is 13.5. The molecule has 0 saturated carbocycles. The number of carbonyl (C=O) groups excluding carboxylic acids is 1. The van der Waals surface area contributed by atoms with E-state index in [-0.39, 0.29) is 5.91 Å². The van der Waals surface area contributed by atoms with E-state index in [1.807, 2.05) is 24.3 Å². The first kappa shape index (κ1) is 19.2. The van der Waals surface area contributed by atoms with Crippen LogP contribution in [0.15, 0.2) is 49.1 Å². The van der Waals surface area contributed by atoms with Crippen LogP contribution in [0, 0.1) is 0 Å². The van der Waals surface area contributed by atoms with Crippen LogP contribution in [0.1, 0.15) is 20.8 Å². The number of hydrogen-bond donors (Lipinski definition) is 1. The third kappa shape index (κ3) is 4.00. The molecule has 2 aromatic carbocycles. The molecule has 5 nitrogen and oxygen atoms in total. The molecule has 1 N–H and O–H groups in total. The van der Waals surface area contributed by atoms with Gasteiger partial charge in [-0.2, -0.15) is 5.10 Å². The number of rotatable bonds is 5. The lowest BCUT2D eigenvalue weighted by molar-refractivity contribution is 0.0955. The lowest BCUT2D eigenvalue weighted by Crippen LogP contribution is -2.22. The van der Waals surface area contributed by atoms with Crippen molar-refractivity contribution in [1.29, 1.82) is 0 Å². The molecule has 0 radical (unpaired) electrons. The van der Waals surface area contributed by atoms with Gasteiger partial charge in [-0.1, -0.05) is 59.1 Å². The Morgan fingerprint density at radius 2 is 1.86 bits per heavy atom. The zero-order valence-electron chi connectivity index (χ0n) is 14.3. The smallest absolute Gasteiger partial charge is 0.263 e. The fraction of sp³-hybridized carbons (Fsp3) is 0.105. The van der Waals surface area contributed by atoms with Crippen LogP contribution in [0.5, 0.6) is 0 Å². The largest absolute Gasteiger partial charge is 0.347 e. The quantitative estimate of drug-likeness (QED) is 0.440. The Labute approximate surface area is 179 Å². The molecule has 0 aliphatic rings. The molecule has 142 valence electrons. The molecule has 0 bridgehead atoms. The van der Waals surface area contributed by atoms with Gasteiger partial charge in [0.05, 0.1) is 16.6 Å². The maximum atomic E-state index is 12.6. The predicted molar refractivity (Wildman–Crippen MR) is 114 cm³/mol. The predicted octanol–water partition coefficient (Wildman–Crippen LogP) is 5.43. The summed E-state index contributed by atoms with van der Waals surface area (Å²) >= 11 is 19.9. The molecule has 9 heteroatoms. The van der Waals surface area contributed by atoms with Crippen molar-refractivity contribution in [3.63, 3.8) is 0 Å². The van der Waals surface area contributed by atoms with Crippen molar-refractivity contribution in [2.75, 3.05) is 0 Å². The number of fused-ring (bicyclic) bond motifs is 1. The average molecular weight is 452 g/mol. The van der Waals surface area contributed by atoms with Gasteiger partial charge in [-0.25, -0.2) is 9.67 Å². The Kier molecular flexibility index (Phi) is 5.55. The monoisotopic (exact) mass is 450 g/mol. The standard InChI is InChI=1S/C19H13Cl3N4OS/c20-13-5-14(21)16-15(6-13)28-18(17(16)22)19(27)24-7-11-1-3-12(4-2-11)8-26-10-23-9-25-26/h1-6,9-10H,7-8H2,(H,24,27). The molecule has 0 saturated heterocycles. The molecule has 28 heavy (non-hydrogen) atoms. The van der Waals surface area contributed by atoms with E-state index >= 15 is 0 Å². The normalized spacial score (nSPS) is 11.1. The second kappa shape index (κ2) is 8.09. The lowest BCUT2D eigenvalue weighted by Gasteiger charge is -2.06. The van der Waals surface area contributed by atoms with Gasteiger partial charge >= 0.3 is 0 Å². The highest BCUT2D eigenvalue weighted by Crippen LogP contribution is 2.41. The molecule has 0 aliphatic carbocycles. The summed E-state index contributed by atoms with van der Waals surface area (Å²) in [4.78, 5) is 16.9. The van der Waals surface area contributed by atoms with E-state index in [1.165, 1.54) is 17.7 Å². The molecule has 0 spiro atoms. The number of amides is 1. The van der Waals surface area contributed by atoms with E-state index < -0.39 is 0 Å². The molecule has 0 atom stereocenters. The number of aromatic nitrogens is 3. The summed E-state index contributed by atoms with van der Waals surface area (Å²) in [6.07, 6.45) is 3.17. The summed E-state index contributed by atoms with van der Waals surface area (Å²) in [5, 5.41) is 8.93. The highest BCUT2D eigenvalue weighted by atomic mass is 35.5. The molecule has 1 amide bonds. The van der Waals surface area contributed by atoms with Crippen molar-refractivity contribution >= 4 is 62.1 Å². The fourth-order valence-corrected chi connectivity index (χ4v) is 5.08. The molecular weight excluding hydrogens is 439 g/mol. The van der Waals surface area contributed by atoms with Gasteiger partial charge in [0, 0.05) is 21.7 Å². The van der Waals surface area contributed by atoms with Crippen LogP contribution in [0.25, 0.3) is 10.1 Å². The first-order valence-electron chi connectivity index (χ1n) is 8.27. The Bertz CT molecular complexity index is 1140. The molecule has 4 aromatic rings. The zero-order valence-corrected chi connectivity index (χ0v) is 17.4. The summed E-state index contributed by atoms with van der Waals surface area (Å²) in [7, 11) is 0. The number of carbonyl (C=O) groups is 1. The van der Waals surface area contributed by atoms with Gasteiger partial charge in [0.1, 0.15) is 17.5 Å². The van der Waals surface area contributed by atoms with Crippen molar-refractivity contribution in [3.05, 3.63) is 80.1 Å². The van der Waals surface area contributed by atoms with E-state index in [4.69, 9.17) is 34.8 Å². The minimum absolute atomic E-state index is 0.245. The van der Waals surface area contributed by atoms with Crippen LogP contribution in [-0.2, 0) is 13.1 Å². The Morgan fingerprint density at radius 1 is 1.11 bits per heavy atom. The van der Waals surface area contributed by atoms with E-state index in [1.54, 1.807) is 23.1 Å². The molecule has 2 heterocycles. The number of nitrogens with one attached hydrogen (secondary N) is 1. The topological polar surface area (TPSA) is 59.8 Å². The number of halogens is 3. The van der Waals surface area contributed by atoms with Crippen molar-refractivity contribution in [2.45, 2.75) is 13.1 Å². The fourth-order valence-electron chi connectivity index (χ4n) is 2.78. The van der Waals surface area contributed by atoms with Gasteiger partial charge in [-0.3, -0.25) is 4.79 Å². The third-order valence-electron chi connectivity index (χ3n) is 4.14. The zero-order chi connectivity index (χ0) is 19.7. The van der Waals surface area contributed by atoms with Crippen LogP contribution in [0.3, 0.4) is 0 Å². The average Bonchev–Trinajstić information content (AvgIpc) is 3.28. The third-order valence-corrected chi connectivity index (χ3v) is 6.28. The molecule has 0 fully saturated rings. The van der Waals surface area contributed by atoms with E-state index in [0.717, 1.165) is 15.8 Å². The summed E-state index contributed by atoms with van der Waals surface area (Å²) in [5.74, 6) is -0.245. The van der Waals surface area contributed by atoms with Crippen LogP contribution >= 0.6 is 46.1 Å². The van der Waals surface area contributed by atoms with Crippen LogP contribution in [0.4, 0.5) is 0 Å². The number of benzene rings is 2. The molecular formula is C19H13Cl3N4OS. The van der Waals surface area contributed by atoms with Gasteiger partial charge in [-0.05, 0) is 23.3 Å². The van der Waals surface area contributed by atoms with Crippen molar-refractivity contribution < 1.29 is 4.79 Å². The Hall–Kier alpha value is -2.12. The van der Waals surface area contributed by atoms with Crippen LogP contribution < -0.4 is 5.32 Å². The lowest BCUT2D eigenvalue weighted by atomic mass is 10.1. The summed E-state index contributed by atoms with van der Waals surface area (Å²) in [5.41, 5.74) is 2.08. The minimum atomic E-state index is -0.245.